The Balaban J connectivity index is 1.58. The van der Waals surface area contributed by atoms with Gasteiger partial charge in [0, 0.05) is 0 Å². The van der Waals surface area contributed by atoms with Gasteiger partial charge in [0.05, 0.1) is 0 Å². The molecule has 3 aromatic heterocycles. The van der Waals surface area contributed by atoms with Crippen molar-refractivity contribution in [1.29, 1.82) is 0 Å². The molecule has 4 heteroatoms. The van der Waals surface area contributed by atoms with E-state index in [9.17, 15) is 0 Å². The molecule has 10 bridgehead atoms. The monoisotopic (exact) mass is 567 g/mol. The third kappa shape index (κ3) is 3.18. The van der Waals surface area contributed by atoms with Crippen molar-refractivity contribution in [1.82, 2.24) is 15.0 Å². The number of fused-ring (bicyclic) bond motifs is 12. The summed E-state index contributed by atoms with van der Waals surface area (Å²) < 4.78 is 4.49. The summed E-state index contributed by atoms with van der Waals surface area (Å²) >= 11 is -2.69. The summed E-state index contributed by atoms with van der Waals surface area (Å²) in [7, 11) is 0. The first-order valence-electron chi connectivity index (χ1n) is 14.0. The van der Waals surface area contributed by atoms with Crippen LogP contribution in [0.3, 0.4) is 0 Å². The standard InChI is InChI=1S/C36H24N3.Ga/c1-4-13-25(14-5-1)34-28-19-10-21-30(37-28)35(26-15-6-2-7-16-26)32-23-12-24-33(39-32)36(27-17-8-3-9-18-27)31-22-11-20-29(34)38-31;/h1-13,15,17,19-24,34-36H;. The second-order valence-electron chi connectivity index (χ2n) is 11.1. The number of hydrogen-bond donors (Lipinski definition) is 0. The van der Waals surface area contributed by atoms with E-state index in [-0.39, 0.29) is 17.8 Å². The summed E-state index contributed by atoms with van der Waals surface area (Å²) in [5, 5.41) is 0. The van der Waals surface area contributed by atoms with E-state index in [0.29, 0.717) is 0 Å². The summed E-state index contributed by atoms with van der Waals surface area (Å²) in [6.07, 6.45) is 0. The Labute approximate surface area is 238 Å². The molecule has 0 spiro atoms. The molecule has 0 N–H and O–H groups in total. The summed E-state index contributed by atoms with van der Waals surface area (Å²) in [6.45, 7) is 0. The minimum atomic E-state index is -2.69. The zero-order valence-electron chi connectivity index (χ0n) is 21.8. The number of pyridine rings is 3. The van der Waals surface area contributed by atoms with Gasteiger partial charge in [-0.2, -0.15) is 0 Å². The maximum atomic E-state index is 5.44. The van der Waals surface area contributed by atoms with Crippen molar-refractivity contribution in [2.45, 2.75) is 17.8 Å². The summed E-state index contributed by atoms with van der Waals surface area (Å²) in [5.41, 5.74) is 10.4. The van der Waals surface area contributed by atoms with Crippen molar-refractivity contribution in [2.75, 3.05) is 0 Å². The van der Waals surface area contributed by atoms with Gasteiger partial charge in [-0.05, 0) is 0 Å². The van der Waals surface area contributed by atoms with Gasteiger partial charge in [0.25, 0.3) is 0 Å². The molecule has 0 radical (unpaired) electrons. The van der Waals surface area contributed by atoms with Crippen molar-refractivity contribution < 1.29 is 0 Å². The van der Waals surface area contributed by atoms with Gasteiger partial charge >= 0.3 is 240 Å². The third-order valence-electron chi connectivity index (χ3n) is 9.01. The van der Waals surface area contributed by atoms with E-state index in [2.05, 4.69) is 127 Å². The van der Waals surface area contributed by atoms with Gasteiger partial charge in [-0.25, -0.2) is 0 Å². The van der Waals surface area contributed by atoms with Crippen LogP contribution in [0.1, 0.15) is 68.6 Å². The maximum absolute atomic E-state index is 5.44. The van der Waals surface area contributed by atoms with Crippen LogP contribution in [-0.4, -0.2) is 31.2 Å². The van der Waals surface area contributed by atoms with Crippen molar-refractivity contribution in [2.24, 2.45) is 0 Å². The first kappa shape index (κ1) is 22.6. The molecule has 0 saturated carbocycles. The van der Waals surface area contributed by atoms with Crippen LogP contribution >= 0.6 is 0 Å². The number of rotatable bonds is 0. The minimum absolute atomic E-state index is 0.0354. The predicted molar refractivity (Wildman–Crippen MR) is 160 cm³/mol. The van der Waals surface area contributed by atoms with Crippen molar-refractivity contribution in [3.05, 3.63) is 178 Å². The molecule has 40 heavy (non-hydrogen) atoms. The van der Waals surface area contributed by atoms with Crippen LogP contribution in [0, 0.1) is 0 Å². The normalized spacial score (nSPS) is 19.2. The quantitative estimate of drug-likeness (QED) is 0.245. The van der Waals surface area contributed by atoms with Crippen molar-refractivity contribution >= 4 is 28.6 Å². The molecule has 186 valence electrons. The van der Waals surface area contributed by atoms with Crippen LogP contribution in [0.15, 0.2) is 127 Å². The summed E-state index contributed by atoms with van der Waals surface area (Å²) in [5.74, 6) is -0.106. The summed E-state index contributed by atoms with van der Waals surface area (Å²) in [6, 6.07) is 47.2. The van der Waals surface area contributed by atoms with E-state index < -0.39 is 16.2 Å². The first-order valence-corrected chi connectivity index (χ1v) is 17.7. The number of aromatic nitrogens is 3. The molecule has 6 aromatic rings. The Kier molecular flexibility index (Phi) is 4.86. The Morgan fingerprint density at radius 3 is 0.900 bits per heavy atom. The van der Waals surface area contributed by atoms with Gasteiger partial charge in [-0.15, -0.1) is 0 Å². The molecule has 0 saturated heterocycles. The molecule has 0 fully saturated rings. The molecule has 3 aromatic carbocycles. The van der Waals surface area contributed by atoms with E-state index >= 15 is 0 Å². The zero-order chi connectivity index (χ0) is 26.2. The van der Waals surface area contributed by atoms with Crippen LogP contribution in [0.25, 0.3) is 0 Å². The molecular formula is C36H24GaN3. The fourth-order valence-corrected chi connectivity index (χ4v) is 15.2. The number of hydrogen-bond acceptors (Lipinski definition) is 3. The van der Waals surface area contributed by atoms with Gasteiger partial charge in [0.2, 0.25) is 0 Å². The van der Waals surface area contributed by atoms with E-state index in [1.807, 2.05) is 0 Å². The molecular weight excluding hydrogens is 544 g/mol. The second-order valence-corrected chi connectivity index (χ2v) is 16.8. The van der Waals surface area contributed by atoms with Gasteiger partial charge in [0.15, 0.2) is 0 Å². The molecule has 6 heterocycles. The molecule has 0 amide bonds. The molecule has 0 atom stereocenters. The van der Waals surface area contributed by atoms with Gasteiger partial charge in [-0.1, -0.05) is 0 Å². The van der Waals surface area contributed by atoms with Gasteiger partial charge in [-0.3, -0.25) is 0 Å². The third-order valence-corrected chi connectivity index (χ3v) is 16.2. The summed E-state index contributed by atoms with van der Waals surface area (Å²) in [4.78, 5) is 16.3. The molecule has 3 aliphatic heterocycles. The first-order chi connectivity index (χ1) is 19.8. The van der Waals surface area contributed by atoms with E-state index in [1.54, 1.807) is 0 Å². The topological polar surface area (TPSA) is 38.7 Å². The van der Waals surface area contributed by atoms with Crippen LogP contribution in [-0.2, 0) is 0 Å². The predicted octanol–water partition coefficient (Wildman–Crippen LogP) is 4.87. The van der Waals surface area contributed by atoms with Crippen molar-refractivity contribution in [3.8, 4) is 0 Å². The average Bonchev–Trinajstić information content (AvgIpc) is 3.00. The zero-order valence-corrected chi connectivity index (χ0v) is 24.2. The average molecular weight is 568 g/mol. The SMILES string of the molecule is c1cc2nc(c1)C1c3cccc(n3)C3c4cccc(n4)C2c2cccc[c]2[Ga]([c]2ccccc21)[c]1ccccc13. The van der Waals surface area contributed by atoms with Crippen LogP contribution in [0.2, 0.25) is 0 Å². The Morgan fingerprint density at radius 1 is 0.325 bits per heavy atom. The van der Waals surface area contributed by atoms with E-state index in [4.69, 9.17) is 15.0 Å². The molecule has 0 unspecified atom stereocenters. The van der Waals surface area contributed by atoms with Crippen molar-refractivity contribution in [3.63, 3.8) is 0 Å². The number of nitrogens with zero attached hydrogens (tertiary/aromatic N) is 3. The fourth-order valence-electron chi connectivity index (χ4n) is 7.39. The Bertz CT molecular complexity index is 1680. The van der Waals surface area contributed by atoms with E-state index in [0.717, 1.165) is 34.2 Å². The molecule has 0 aliphatic carbocycles. The van der Waals surface area contributed by atoms with Gasteiger partial charge < -0.3 is 0 Å². The van der Waals surface area contributed by atoms with Crippen LogP contribution < -0.4 is 12.4 Å². The molecule has 3 aliphatic rings. The van der Waals surface area contributed by atoms with E-state index in [1.165, 1.54) is 29.0 Å². The molecule has 3 nitrogen and oxygen atoms in total. The Hall–Kier alpha value is -4.25. The van der Waals surface area contributed by atoms with Gasteiger partial charge in [0.1, 0.15) is 0 Å². The van der Waals surface area contributed by atoms with Crippen LogP contribution in [0.5, 0.6) is 0 Å². The van der Waals surface area contributed by atoms with Crippen LogP contribution in [0.4, 0.5) is 0 Å². The fraction of sp³-hybridized carbons (Fsp3) is 0.0833. The number of benzene rings is 3. The molecule has 9 rings (SSSR count). The second kappa shape index (κ2) is 8.62. The Morgan fingerprint density at radius 2 is 0.600 bits per heavy atom.